The van der Waals surface area contributed by atoms with Gasteiger partial charge in [-0.05, 0) is 42.2 Å². The Morgan fingerprint density at radius 1 is 1.14 bits per heavy atom. The monoisotopic (exact) mass is 393 g/mol. The van der Waals surface area contributed by atoms with E-state index in [0.29, 0.717) is 25.5 Å². The lowest BCUT2D eigenvalue weighted by molar-refractivity contribution is -0.120. The zero-order valence-corrected chi connectivity index (χ0v) is 17.6. The molecular formula is C24H31N3O2. The van der Waals surface area contributed by atoms with Crippen molar-refractivity contribution in [1.82, 2.24) is 14.9 Å². The molecule has 5 heteroatoms. The van der Waals surface area contributed by atoms with Crippen molar-refractivity contribution in [3.8, 4) is 5.75 Å². The molecular weight excluding hydrogens is 362 g/mol. The van der Waals surface area contributed by atoms with Crippen LogP contribution in [0.2, 0.25) is 0 Å². The van der Waals surface area contributed by atoms with Gasteiger partial charge in [-0.1, -0.05) is 45.0 Å². The quantitative estimate of drug-likeness (QED) is 0.508. The topological polar surface area (TPSA) is 56.2 Å². The van der Waals surface area contributed by atoms with E-state index in [0.717, 1.165) is 42.0 Å². The molecule has 1 heterocycles. The minimum absolute atomic E-state index is 0.0930. The van der Waals surface area contributed by atoms with Gasteiger partial charge in [0.05, 0.1) is 17.6 Å². The van der Waals surface area contributed by atoms with Crippen LogP contribution in [0.1, 0.15) is 50.9 Å². The van der Waals surface area contributed by atoms with Gasteiger partial charge in [-0.2, -0.15) is 0 Å². The lowest BCUT2D eigenvalue weighted by Crippen LogP contribution is -2.23. The summed E-state index contributed by atoms with van der Waals surface area (Å²) in [6.45, 7) is 8.24. The summed E-state index contributed by atoms with van der Waals surface area (Å²) in [5.74, 6) is 2.54. The number of hydrogen-bond acceptors (Lipinski definition) is 3. The van der Waals surface area contributed by atoms with Crippen molar-refractivity contribution in [2.75, 3.05) is 13.2 Å². The number of amides is 1. The van der Waals surface area contributed by atoms with Gasteiger partial charge in [0.15, 0.2) is 0 Å². The maximum Gasteiger partial charge on any atom is 0.219 e. The minimum atomic E-state index is 0.0930. The van der Waals surface area contributed by atoms with Crippen molar-refractivity contribution in [2.45, 2.75) is 52.5 Å². The first-order valence-electron chi connectivity index (χ1n) is 10.5. The van der Waals surface area contributed by atoms with Gasteiger partial charge in [0.2, 0.25) is 5.91 Å². The van der Waals surface area contributed by atoms with E-state index in [-0.39, 0.29) is 5.91 Å². The fraction of sp³-hybridized carbons (Fsp3) is 0.417. The normalized spacial score (nSPS) is 11.2. The summed E-state index contributed by atoms with van der Waals surface area (Å²) in [5.41, 5.74) is 3.44. The number of benzene rings is 2. The average Bonchev–Trinajstić information content (AvgIpc) is 3.09. The van der Waals surface area contributed by atoms with Gasteiger partial charge in [-0.15, -0.1) is 0 Å². The summed E-state index contributed by atoms with van der Waals surface area (Å²) in [7, 11) is 0. The van der Waals surface area contributed by atoms with E-state index < -0.39 is 0 Å². The number of aryl methyl sites for hydroxylation is 1. The predicted molar refractivity (Wildman–Crippen MR) is 117 cm³/mol. The van der Waals surface area contributed by atoms with Crippen molar-refractivity contribution >= 4 is 16.9 Å². The molecule has 5 nitrogen and oxygen atoms in total. The van der Waals surface area contributed by atoms with E-state index in [2.05, 4.69) is 41.9 Å². The molecule has 0 fully saturated rings. The molecule has 1 N–H and O–H groups in total. The third-order valence-electron chi connectivity index (χ3n) is 5.08. The molecule has 0 spiro atoms. The molecule has 0 aliphatic rings. The standard InChI is InChI=1S/C24H31N3O2/c1-4-24(28)25-15-7-10-23-26-21-8-5-6-9-22(21)27(23)16-17-29-20-13-11-19(12-14-20)18(2)3/h5-6,8-9,11-14,18H,4,7,10,15-17H2,1-3H3,(H,25,28). The van der Waals surface area contributed by atoms with E-state index in [1.165, 1.54) is 5.56 Å². The zero-order valence-electron chi connectivity index (χ0n) is 17.6. The highest BCUT2D eigenvalue weighted by Gasteiger charge is 2.10. The first-order chi connectivity index (χ1) is 14.1. The first-order valence-corrected chi connectivity index (χ1v) is 10.5. The lowest BCUT2D eigenvalue weighted by Gasteiger charge is -2.12. The highest BCUT2D eigenvalue weighted by Crippen LogP contribution is 2.20. The van der Waals surface area contributed by atoms with Crippen LogP contribution in [0.25, 0.3) is 11.0 Å². The highest BCUT2D eigenvalue weighted by atomic mass is 16.5. The Balaban J connectivity index is 1.63. The first kappa shape index (κ1) is 20.9. The smallest absolute Gasteiger partial charge is 0.219 e. The third kappa shape index (κ3) is 5.59. The van der Waals surface area contributed by atoms with Crippen molar-refractivity contribution in [1.29, 1.82) is 0 Å². The second-order valence-corrected chi connectivity index (χ2v) is 7.55. The molecule has 0 saturated heterocycles. The van der Waals surface area contributed by atoms with Gasteiger partial charge >= 0.3 is 0 Å². The number of carbonyl (C=O) groups excluding carboxylic acids is 1. The molecule has 2 aromatic carbocycles. The average molecular weight is 394 g/mol. The van der Waals surface area contributed by atoms with Gasteiger partial charge in [0, 0.05) is 19.4 Å². The summed E-state index contributed by atoms with van der Waals surface area (Å²) >= 11 is 0. The van der Waals surface area contributed by atoms with Crippen LogP contribution < -0.4 is 10.1 Å². The maximum absolute atomic E-state index is 11.4. The van der Waals surface area contributed by atoms with Gasteiger partial charge in [-0.25, -0.2) is 4.98 Å². The van der Waals surface area contributed by atoms with E-state index in [1.807, 2.05) is 37.3 Å². The van der Waals surface area contributed by atoms with Crippen molar-refractivity contribution in [2.24, 2.45) is 0 Å². The lowest BCUT2D eigenvalue weighted by atomic mass is 10.0. The number of hydrogen-bond donors (Lipinski definition) is 1. The van der Waals surface area contributed by atoms with E-state index in [4.69, 9.17) is 9.72 Å². The van der Waals surface area contributed by atoms with Gasteiger partial charge < -0.3 is 14.6 Å². The number of aromatic nitrogens is 2. The van der Waals surface area contributed by atoms with Gasteiger partial charge in [0.25, 0.3) is 0 Å². The molecule has 0 atom stereocenters. The van der Waals surface area contributed by atoms with Crippen LogP contribution >= 0.6 is 0 Å². The maximum atomic E-state index is 11.4. The molecule has 0 radical (unpaired) electrons. The summed E-state index contributed by atoms with van der Waals surface area (Å²) < 4.78 is 8.22. The summed E-state index contributed by atoms with van der Waals surface area (Å²) in [6, 6.07) is 16.5. The second-order valence-electron chi connectivity index (χ2n) is 7.55. The zero-order chi connectivity index (χ0) is 20.6. The molecule has 1 amide bonds. The molecule has 3 aromatic rings. The Morgan fingerprint density at radius 2 is 1.90 bits per heavy atom. The van der Waals surface area contributed by atoms with Crippen LogP contribution in [0.4, 0.5) is 0 Å². The van der Waals surface area contributed by atoms with Crippen LogP contribution in [0.5, 0.6) is 5.75 Å². The Bertz CT molecular complexity index is 929. The van der Waals surface area contributed by atoms with Crippen LogP contribution in [0, 0.1) is 0 Å². The van der Waals surface area contributed by atoms with Crippen LogP contribution in [-0.2, 0) is 17.8 Å². The largest absolute Gasteiger partial charge is 0.492 e. The van der Waals surface area contributed by atoms with Crippen molar-refractivity contribution < 1.29 is 9.53 Å². The summed E-state index contributed by atoms with van der Waals surface area (Å²) in [6.07, 6.45) is 2.21. The SMILES string of the molecule is CCC(=O)NCCCc1nc2ccccc2n1CCOc1ccc(C(C)C)cc1. The summed E-state index contributed by atoms with van der Waals surface area (Å²) in [4.78, 5) is 16.2. The molecule has 29 heavy (non-hydrogen) atoms. The molecule has 0 saturated carbocycles. The molecule has 154 valence electrons. The molecule has 0 aliphatic carbocycles. The van der Waals surface area contributed by atoms with Crippen LogP contribution in [0.15, 0.2) is 48.5 Å². The molecule has 1 aromatic heterocycles. The Labute approximate surface area is 173 Å². The molecule has 3 rings (SSSR count). The highest BCUT2D eigenvalue weighted by molar-refractivity contribution is 5.76. The van der Waals surface area contributed by atoms with Crippen molar-refractivity contribution in [3.05, 3.63) is 59.9 Å². The van der Waals surface area contributed by atoms with Gasteiger partial charge in [0.1, 0.15) is 18.2 Å². The number of nitrogens with one attached hydrogen (secondary N) is 1. The number of para-hydroxylation sites is 2. The van der Waals surface area contributed by atoms with Gasteiger partial charge in [-0.3, -0.25) is 4.79 Å². The molecule has 0 aliphatic heterocycles. The van der Waals surface area contributed by atoms with E-state index in [9.17, 15) is 4.79 Å². The Hall–Kier alpha value is -2.82. The number of imidazole rings is 1. The number of fused-ring (bicyclic) bond motifs is 1. The van der Waals surface area contributed by atoms with Crippen LogP contribution in [-0.4, -0.2) is 28.6 Å². The number of ether oxygens (including phenoxy) is 1. The Morgan fingerprint density at radius 3 is 2.62 bits per heavy atom. The second kappa shape index (κ2) is 10.1. The van der Waals surface area contributed by atoms with E-state index >= 15 is 0 Å². The number of rotatable bonds is 10. The van der Waals surface area contributed by atoms with E-state index in [1.54, 1.807) is 0 Å². The molecule has 0 bridgehead atoms. The number of carbonyl (C=O) groups is 1. The fourth-order valence-corrected chi connectivity index (χ4v) is 3.37. The Kier molecular flexibility index (Phi) is 7.28. The minimum Gasteiger partial charge on any atom is -0.492 e. The fourth-order valence-electron chi connectivity index (χ4n) is 3.37. The third-order valence-corrected chi connectivity index (χ3v) is 5.08. The van der Waals surface area contributed by atoms with Crippen molar-refractivity contribution in [3.63, 3.8) is 0 Å². The summed E-state index contributed by atoms with van der Waals surface area (Å²) in [5, 5.41) is 2.93. The number of nitrogens with zero attached hydrogens (tertiary/aromatic N) is 2. The predicted octanol–water partition coefficient (Wildman–Crippen LogP) is 4.70. The molecule has 0 unspecified atom stereocenters. The van der Waals surface area contributed by atoms with Crippen LogP contribution in [0.3, 0.4) is 0 Å².